The number of fused-ring (bicyclic) bond motifs is 1. The lowest BCUT2D eigenvalue weighted by molar-refractivity contribution is -0.140. The molecule has 1 aromatic heterocycles. The molecule has 3 aromatic rings. The van der Waals surface area contributed by atoms with Crippen molar-refractivity contribution in [3.05, 3.63) is 94.6 Å². The first-order valence-electron chi connectivity index (χ1n) is 10.8. The Bertz CT molecular complexity index is 1540. The van der Waals surface area contributed by atoms with Crippen molar-refractivity contribution in [2.75, 3.05) is 13.2 Å². The van der Waals surface area contributed by atoms with Gasteiger partial charge in [0.25, 0.3) is 5.56 Å². The fourth-order valence-electron chi connectivity index (χ4n) is 3.83. The third kappa shape index (κ3) is 5.09. The van der Waals surface area contributed by atoms with E-state index in [0.717, 1.165) is 16.9 Å². The molecular weight excluding hydrogens is 527 g/mol. The van der Waals surface area contributed by atoms with Gasteiger partial charge >= 0.3 is 11.9 Å². The van der Waals surface area contributed by atoms with Crippen LogP contribution in [0.25, 0.3) is 6.08 Å². The van der Waals surface area contributed by atoms with Crippen LogP contribution in [-0.4, -0.2) is 34.8 Å². The molecule has 0 spiro atoms. The highest BCUT2D eigenvalue weighted by Crippen LogP contribution is 2.34. The summed E-state index contributed by atoms with van der Waals surface area (Å²) in [5.74, 6) is -1.66. The van der Waals surface area contributed by atoms with Crippen LogP contribution in [0.3, 0.4) is 0 Å². The summed E-state index contributed by atoms with van der Waals surface area (Å²) in [6.45, 7) is 3.03. The van der Waals surface area contributed by atoms with Crippen molar-refractivity contribution in [3.8, 4) is 5.75 Å². The van der Waals surface area contributed by atoms with Gasteiger partial charge in [-0.25, -0.2) is 14.6 Å². The van der Waals surface area contributed by atoms with Crippen LogP contribution in [0.2, 0.25) is 10.0 Å². The molecule has 8 nitrogen and oxygen atoms in total. The quantitative estimate of drug-likeness (QED) is 0.454. The maximum absolute atomic E-state index is 13.6. The molecule has 2 heterocycles. The van der Waals surface area contributed by atoms with Gasteiger partial charge < -0.3 is 14.6 Å². The number of carbonyl (C=O) groups excluding carboxylic acids is 1. The zero-order chi connectivity index (χ0) is 26.0. The van der Waals surface area contributed by atoms with Crippen molar-refractivity contribution < 1.29 is 24.2 Å². The molecule has 186 valence electrons. The van der Waals surface area contributed by atoms with Gasteiger partial charge in [-0.3, -0.25) is 9.36 Å². The lowest BCUT2D eigenvalue weighted by Crippen LogP contribution is -2.39. The number of aromatic nitrogens is 1. The molecule has 1 aliphatic heterocycles. The summed E-state index contributed by atoms with van der Waals surface area (Å²) in [5, 5.41) is 9.03. The van der Waals surface area contributed by atoms with E-state index in [-0.39, 0.29) is 28.0 Å². The fourth-order valence-corrected chi connectivity index (χ4v) is 5.49. The molecule has 11 heteroatoms. The Kier molecular flexibility index (Phi) is 7.63. The third-order valence-corrected chi connectivity index (χ3v) is 6.84. The SMILES string of the molecule is CCOC(=O)C1=C(C)N=c2s/c(=C\c3cc(Cl)c(OCC(=O)O)c(Cl)c3)c(=O)n2[C@H]1c1ccccc1. The summed E-state index contributed by atoms with van der Waals surface area (Å²) in [5.41, 5.74) is 1.68. The molecule has 0 radical (unpaired) electrons. The largest absolute Gasteiger partial charge is 0.479 e. The molecule has 0 saturated carbocycles. The van der Waals surface area contributed by atoms with Gasteiger partial charge in [-0.2, -0.15) is 0 Å². The molecule has 0 saturated heterocycles. The molecule has 0 aliphatic carbocycles. The number of nitrogens with zero attached hydrogens (tertiary/aromatic N) is 2. The average molecular weight is 547 g/mol. The van der Waals surface area contributed by atoms with Gasteiger partial charge in [0, 0.05) is 0 Å². The van der Waals surface area contributed by atoms with E-state index in [1.807, 2.05) is 30.3 Å². The van der Waals surface area contributed by atoms with Crippen molar-refractivity contribution in [2.24, 2.45) is 4.99 Å². The number of ether oxygens (including phenoxy) is 2. The molecule has 0 amide bonds. The number of halogens is 2. The molecular formula is C25H20Cl2N2O6S. The number of carboxylic acids is 1. The number of carboxylic acid groups (broad SMARTS) is 1. The van der Waals surface area contributed by atoms with Gasteiger partial charge in [0.1, 0.15) is 0 Å². The standard InChI is InChI=1S/C25H20Cl2N2O6S/c1-3-34-24(33)20-13(2)28-25-29(21(20)15-7-5-4-6-8-15)23(32)18(36-25)11-14-9-16(26)22(17(27)10-14)35-12-19(30)31/h4-11,21H,3,12H2,1-2H3,(H,30,31)/b18-11-/t21-/m0/s1. The number of carbonyl (C=O) groups is 2. The molecule has 2 aromatic carbocycles. The van der Waals surface area contributed by atoms with Crippen LogP contribution in [0.5, 0.6) is 5.75 Å². The predicted molar refractivity (Wildman–Crippen MR) is 136 cm³/mol. The molecule has 1 N–H and O–H groups in total. The van der Waals surface area contributed by atoms with Gasteiger partial charge in [0.05, 0.1) is 38.5 Å². The zero-order valence-corrected chi connectivity index (χ0v) is 21.5. The molecule has 36 heavy (non-hydrogen) atoms. The highest BCUT2D eigenvalue weighted by molar-refractivity contribution is 7.07. The van der Waals surface area contributed by atoms with E-state index < -0.39 is 24.6 Å². The highest BCUT2D eigenvalue weighted by atomic mass is 35.5. The molecule has 1 atom stereocenters. The minimum absolute atomic E-state index is 0.0399. The first-order chi connectivity index (χ1) is 17.2. The Labute approximate surface area is 219 Å². The van der Waals surface area contributed by atoms with Gasteiger partial charge in [0.2, 0.25) is 0 Å². The minimum Gasteiger partial charge on any atom is -0.479 e. The third-order valence-electron chi connectivity index (χ3n) is 5.29. The van der Waals surface area contributed by atoms with E-state index in [1.165, 1.54) is 16.7 Å². The lowest BCUT2D eigenvalue weighted by Gasteiger charge is -2.24. The van der Waals surface area contributed by atoms with E-state index in [0.29, 0.717) is 26.2 Å². The number of rotatable bonds is 7. The maximum atomic E-state index is 13.6. The predicted octanol–water partition coefficient (Wildman–Crippen LogP) is 3.57. The Morgan fingerprint density at radius 2 is 1.86 bits per heavy atom. The Hall–Kier alpha value is -3.40. The molecule has 0 bridgehead atoms. The molecule has 4 rings (SSSR count). The number of hydrogen-bond acceptors (Lipinski definition) is 7. The van der Waals surface area contributed by atoms with Gasteiger partial charge in [-0.1, -0.05) is 64.9 Å². The summed E-state index contributed by atoms with van der Waals surface area (Å²) in [4.78, 5) is 42.2. The van der Waals surface area contributed by atoms with E-state index >= 15 is 0 Å². The minimum atomic E-state index is -1.17. The number of aliphatic carboxylic acids is 1. The maximum Gasteiger partial charge on any atom is 0.341 e. The fraction of sp³-hybridized carbons (Fsp3) is 0.200. The normalized spacial score (nSPS) is 15.3. The van der Waals surface area contributed by atoms with E-state index in [2.05, 4.69) is 4.99 Å². The first kappa shape index (κ1) is 25.7. The first-order valence-corrected chi connectivity index (χ1v) is 12.4. The second-order valence-electron chi connectivity index (χ2n) is 7.71. The van der Waals surface area contributed by atoms with Crippen molar-refractivity contribution in [1.82, 2.24) is 4.57 Å². The monoisotopic (exact) mass is 546 g/mol. The van der Waals surface area contributed by atoms with E-state index in [9.17, 15) is 14.4 Å². The van der Waals surface area contributed by atoms with Crippen molar-refractivity contribution in [1.29, 1.82) is 0 Å². The smallest absolute Gasteiger partial charge is 0.341 e. The number of benzene rings is 2. The second kappa shape index (κ2) is 10.7. The number of allylic oxidation sites excluding steroid dienone is 1. The van der Waals surface area contributed by atoms with E-state index in [1.54, 1.807) is 19.9 Å². The Morgan fingerprint density at radius 1 is 1.19 bits per heavy atom. The number of thiazole rings is 1. The van der Waals surface area contributed by atoms with Gasteiger partial charge in [0.15, 0.2) is 17.2 Å². The molecule has 0 unspecified atom stereocenters. The highest BCUT2D eigenvalue weighted by Gasteiger charge is 2.33. The van der Waals surface area contributed by atoms with Crippen molar-refractivity contribution >= 4 is 52.6 Å². The van der Waals surface area contributed by atoms with Crippen LogP contribution < -0.4 is 19.6 Å². The Morgan fingerprint density at radius 3 is 2.47 bits per heavy atom. The van der Waals surface area contributed by atoms with Gasteiger partial charge in [-0.05, 0) is 43.2 Å². The van der Waals surface area contributed by atoms with E-state index in [4.69, 9.17) is 37.8 Å². The molecule has 1 aliphatic rings. The second-order valence-corrected chi connectivity index (χ2v) is 9.53. The summed E-state index contributed by atoms with van der Waals surface area (Å²) in [6.07, 6.45) is 1.61. The number of hydrogen-bond donors (Lipinski definition) is 1. The number of esters is 1. The van der Waals surface area contributed by atoms with Crippen molar-refractivity contribution in [2.45, 2.75) is 19.9 Å². The van der Waals surface area contributed by atoms with Gasteiger partial charge in [-0.15, -0.1) is 0 Å². The average Bonchev–Trinajstić information content (AvgIpc) is 3.12. The van der Waals surface area contributed by atoms with Crippen LogP contribution in [0.1, 0.15) is 31.0 Å². The molecule has 0 fully saturated rings. The summed E-state index contributed by atoms with van der Waals surface area (Å²) in [7, 11) is 0. The zero-order valence-electron chi connectivity index (χ0n) is 19.2. The van der Waals surface area contributed by atoms with Crippen molar-refractivity contribution in [3.63, 3.8) is 0 Å². The summed E-state index contributed by atoms with van der Waals surface area (Å²) < 4.78 is 12.3. The Balaban J connectivity index is 1.85. The van der Waals surface area contributed by atoms with Crippen LogP contribution in [0, 0.1) is 0 Å². The topological polar surface area (TPSA) is 107 Å². The lowest BCUT2D eigenvalue weighted by atomic mass is 9.96. The summed E-state index contributed by atoms with van der Waals surface area (Å²) in [6, 6.07) is 11.5. The van der Waals surface area contributed by atoms with Crippen LogP contribution in [-0.2, 0) is 14.3 Å². The van der Waals surface area contributed by atoms with Crippen LogP contribution in [0.4, 0.5) is 0 Å². The summed E-state index contributed by atoms with van der Waals surface area (Å²) >= 11 is 13.7. The van der Waals surface area contributed by atoms with Crippen LogP contribution in [0.15, 0.2) is 63.5 Å². The van der Waals surface area contributed by atoms with Crippen LogP contribution >= 0.6 is 34.5 Å².